The van der Waals surface area contributed by atoms with E-state index in [0.29, 0.717) is 0 Å². The standard InChI is InChI=1S/C8H6BrN3O4S/c9-5-17(15,16)11-8-2-1-7(12(13)14)3-6(8)4-10/h1-3,11H,5H2. The summed E-state index contributed by atoms with van der Waals surface area (Å²) in [5.41, 5.74) is -0.371. The highest BCUT2D eigenvalue weighted by Crippen LogP contribution is 2.22. The molecule has 0 atom stereocenters. The average Bonchev–Trinajstić information content (AvgIpc) is 2.29. The first-order valence-electron chi connectivity index (χ1n) is 4.14. The SMILES string of the molecule is N#Cc1cc([N+](=O)[O-])ccc1NS(=O)(=O)CBr. The van der Waals surface area contributed by atoms with Gasteiger partial charge >= 0.3 is 0 Å². The molecule has 0 aliphatic carbocycles. The van der Waals surface area contributed by atoms with Gasteiger partial charge in [-0.1, -0.05) is 15.9 Å². The molecule has 1 aromatic carbocycles. The molecule has 9 heteroatoms. The third kappa shape index (κ3) is 3.40. The van der Waals surface area contributed by atoms with E-state index in [1.165, 1.54) is 6.07 Å². The van der Waals surface area contributed by atoms with Gasteiger partial charge < -0.3 is 0 Å². The normalized spacial score (nSPS) is 10.6. The lowest BCUT2D eigenvalue weighted by Crippen LogP contribution is -2.14. The van der Waals surface area contributed by atoms with E-state index in [9.17, 15) is 18.5 Å². The van der Waals surface area contributed by atoms with Crippen molar-refractivity contribution >= 4 is 37.3 Å². The quantitative estimate of drug-likeness (QED) is 0.514. The van der Waals surface area contributed by atoms with Crippen LogP contribution in [0.15, 0.2) is 18.2 Å². The number of benzene rings is 1. The first-order chi connectivity index (χ1) is 7.89. The van der Waals surface area contributed by atoms with Crippen LogP contribution in [0, 0.1) is 21.4 Å². The summed E-state index contributed by atoms with van der Waals surface area (Å²) in [6, 6.07) is 4.99. The third-order valence-electron chi connectivity index (χ3n) is 1.74. The summed E-state index contributed by atoms with van der Waals surface area (Å²) >= 11 is 2.77. The Morgan fingerprint density at radius 3 is 2.65 bits per heavy atom. The van der Waals surface area contributed by atoms with Gasteiger partial charge in [-0.3, -0.25) is 14.8 Å². The number of nitro benzene ring substituents is 1. The summed E-state index contributed by atoms with van der Waals surface area (Å²) in [7, 11) is -3.59. The number of alkyl halides is 1. The Balaban J connectivity index is 3.20. The third-order valence-corrected chi connectivity index (χ3v) is 4.37. The molecule has 0 saturated carbocycles. The van der Waals surface area contributed by atoms with Crippen molar-refractivity contribution in [1.82, 2.24) is 0 Å². The lowest BCUT2D eigenvalue weighted by molar-refractivity contribution is -0.384. The van der Waals surface area contributed by atoms with E-state index >= 15 is 0 Å². The molecule has 0 aliphatic rings. The number of nitrogens with one attached hydrogen (secondary N) is 1. The van der Waals surface area contributed by atoms with Crippen LogP contribution in [0.4, 0.5) is 11.4 Å². The molecule has 0 aromatic heterocycles. The van der Waals surface area contributed by atoms with Crippen molar-refractivity contribution in [2.75, 3.05) is 9.38 Å². The highest BCUT2D eigenvalue weighted by atomic mass is 79.9. The van der Waals surface area contributed by atoms with Gasteiger partial charge in [-0.2, -0.15) is 5.26 Å². The molecule has 0 heterocycles. The zero-order chi connectivity index (χ0) is 13.1. The number of nitriles is 1. The van der Waals surface area contributed by atoms with Crippen LogP contribution in [0.3, 0.4) is 0 Å². The van der Waals surface area contributed by atoms with Crippen LogP contribution < -0.4 is 4.72 Å². The minimum atomic E-state index is -3.59. The summed E-state index contributed by atoms with van der Waals surface area (Å²) in [6.07, 6.45) is 0. The molecule has 0 aliphatic heterocycles. The second kappa shape index (κ2) is 5.11. The molecular formula is C8H6BrN3O4S. The van der Waals surface area contributed by atoms with Crippen LogP contribution in [-0.4, -0.2) is 18.0 Å². The largest absolute Gasteiger partial charge is 0.282 e. The lowest BCUT2D eigenvalue weighted by Gasteiger charge is -2.06. The zero-order valence-electron chi connectivity index (χ0n) is 8.25. The molecule has 0 saturated heterocycles. The predicted molar refractivity (Wildman–Crippen MR) is 64.1 cm³/mol. The van der Waals surface area contributed by atoms with Gasteiger partial charge in [0.2, 0.25) is 10.0 Å². The fraction of sp³-hybridized carbons (Fsp3) is 0.125. The van der Waals surface area contributed by atoms with Gasteiger partial charge in [0.25, 0.3) is 5.69 Å². The van der Waals surface area contributed by atoms with Crippen LogP contribution in [0.1, 0.15) is 5.56 Å². The summed E-state index contributed by atoms with van der Waals surface area (Å²) in [5, 5.41) is 19.2. The zero-order valence-corrected chi connectivity index (χ0v) is 10.7. The lowest BCUT2D eigenvalue weighted by atomic mass is 10.2. The van der Waals surface area contributed by atoms with E-state index in [1.807, 2.05) is 0 Å². The summed E-state index contributed by atoms with van der Waals surface area (Å²) in [5.74, 6) is 0. The summed E-state index contributed by atoms with van der Waals surface area (Å²) in [4.78, 5) is 9.81. The molecule has 1 N–H and O–H groups in total. The first kappa shape index (κ1) is 13.4. The highest BCUT2D eigenvalue weighted by molar-refractivity contribution is 9.10. The number of hydrogen-bond acceptors (Lipinski definition) is 5. The van der Waals surface area contributed by atoms with E-state index in [-0.39, 0.29) is 21.6 Å². The van der Waals surface area contributed by atoms with Crippen molar-refractivity contribution in [3.05, 3.63) is 33.9 Å². The number of hydrogen-bond donors (Lipinski definition) is 1. The van der Waals surface area contributed by atoms with Gasteiger partial charge in [0, 0.05) is 12.1 Å². The molecule has 0 bridgehead atoms. The molecule has 0 spiro atoms. The molecule has 1 aromatic rings. The maximum absolute atomic E-state index is 11.3. The number of sulfonamides is 1. The van der Waals surface area contributed by atoms with Crippen LogP contribution in [0.25, 0.3) is 0 Å². The molecule has 7 nitrogen and oxygen atoms in total. The van der Waals surface area contributed by atoms with Gasteiger partial charge in [-0.25, -0.2) is 8.42 Å². The maximum atomic E-state index is 11.3. The Labute approximate surface area is 105 Å². The topological polar surface area (TPSA) is 113 Å². The second-order valence-corrected chi connectivity index (χ2v) is 5.95. The number of nitrogens with zero attached hydrogens (tertiary/aromatic N) is 2. The molecule has 0 fully saturated rings. The summed E-state index contributed by atoms with van der Waals surface area (Å²) in [6.45, 7) is 0. The number of halogens is 1. The van der Waals surface area contributed by atoms with E-state index in [4.69, 9.17) is 5.26 Å². The van der Waals surface area contributed by atoms with Crippen molar-refractivity contribution < 1.29 is 13.3 Å². The van der Waals surface area contributed by atoms with Gasteiger partial charge in [0.1, 0.15) is 10.7 Å². The van der Waals surface area contributed by atoms with Gasteiger partial charge in [0.15, 0.2) is 0 Å². The van der Waals surface area contributed by atoms with Gasteiger partial charge in [0.05, 0.1) is 16.2 Å². The fourth-order valence-electron chi connectivity index (χ4n) is 1.02. The van der Waals surface area contributed by atoms with Crippen LogP contribution in [0.2, 0.25) is 0 Å². The minimum absolute atomic E-state index is 0.0116. The molecule has 0 radical (unpaired) electrons. The second-order valence-electron chi connectivity index (χ2n) is 2.92. The monoisotopic (exact) mass is 319 g/mol. The Kier molecular flexibility index (Phi) is 4.03. The molecule has 1 rings (SSSR count). The van der Waals surface area contributed by atoms with Crippen molar-refractivity contribution in [3.8, 4) is 6.07 Å². The van der Waals surface area contributed by atoms with E-state index in [0.717, 1.165) is 12.1 Å². The van der Waals surface area contributed by atoms with Gasteiger partial charge in [-0.15, -0.1) is 0 Å². The maximum Gasteiger partial charge on any atom is 0.270 e. The predicted octanol–water partition coefficient (Wildman–Crippen LogP) is 1.56. The fourth-order valence-corrected chi connectivity index (χ4v) is 1.93. The first-order valence-corrected chi connectivity index (χ1v) is 6.92. The van der Waals surface area contributed by atoms with Crippen LogP contribution in [-0.2, 0) is 10.0 Å². The Bertz CT molecular complexity index is 593. The number of anilines is 1. The van der Waals surface area contributed by atoms with Crippen LogP contribution >= 0.6 is 15.9 Å². The average molecular weight is 320 g/mol. The summed E-state index contributed by atoms with van der Waals surface area (Å²) < 4.78 is 24.3. The molecule has 17 heavy (non-hydrogen) atoms. The molecular weight excluding hydrogens is 314 g/mol. The van der Waals surface area contributed by atoms with E-state index in [2.05, 4.69) is 20.7 Å². The van der Waals surface area contributed by atoms with Crippen molar-refractivity contribution in [3.63, 3.8) is 0 Å². The molecule has 90 valence electrons. The van der Waals surface area contributed by atoms with Crippen LogP contribution in [0.5, 0.6) is 0 Å². The Morgan fingerprint density at radius 2 is 2.18 bits per heavy atom. The van der Waals surface area contributed by atoms with E-state index in [1.54, 1.807) is 6.07 Å². The smallest absolute Gasteiger partial charge is 0.270 e. The minimum Gasteiger partial charge on any atom is -0.282 e. The molecule has 0 unspecified atom stereocenters. The highest BCUT2D eigenvalue weighted by Gasteiger charge is 2.14. The Morgan fingerprint density at radius 1 is 1.53 bits per heavy atom. The number of nitro groups is 1. The van der Waals surface area contributed by atoms with Crippen molar-refractivity contribution in [2.24, 2.45) is 0 Å². The Hall–Kier alpha value is -1.66. The van der Waals surface area contributed by atoms with Crippen molar-refractivity contribution in [1.29, 1.82) is 5.26 Å². The number of non-ortho nitro benzene ring substituents is 1. The van der Waals surface area contributed by atoms with E-state index < -0.39 is 14.9 Å². The van der Waals surface area contributed by atoms with Crippen molar-refractivity contribution in [2.45, 2.75) is 0 Å². The molecule has 0 amide bonds. The van der Waals surface area contributed by atoms with Gasteiger partial charge in [-0.05, 0) is 6.07 Å². The number of rotatable bonds is 4.